The lowest BCUT2D eigenvalue weighted by atomic mass is 10.2. The first-order valence-corrected chi connectivity index (χ1v) is 5.95. The molecule has 0 radical (unpaired) electrons. The summed E-state index contributed by atoms with van der Waals surface area (Å²) in [4.78, 5) is 26.7. The minimum Gasteiger partial charge on any atom is -0.465 e. The normalized spacial score (nSPS) is 11.3. The van der Waals surface area contributed by atoms with Gasteiger partial charge in [0.1, 0.15) is 12.2 Å². The molecule has 0 aliphatic heterocycles. The van der Waals surface area contributed by atoms with Crippen molar-refractivity contribution in [2.75, 3.05) is 11.4 Å². The second-order valence-corrected chi connectivity index (χ2v) is 4.42. The molecule has 9 heteroatoms. The van der Waals surface area contributed by atoms with E-state index in [2.05, 4.69) is 4.98 Å². The van der Waals surface area contributed by atoms with E-state index in [1.54, 1.807) is 13.8 Å². The average Bonchev–Trinajstić information content (AvgIpc) is 2.35. The Morgan fingerprint density at radius 3 is 2.38 bits per heavy atom. The van der Waals surface area contributed by atoms with Crippen LogP contribution in [0.1, 0.15) is 19.5 Å². The first-order chi connectivity index (χ1) is 9.62. The summed E-state index contributed by atoms with van der Waals surface area (Å²) in [7, 11) is 0. The number of alkyl halides is 3. The van der Waals surface area contributed by atoms with Gasteiger partial charge in [0.2, 0.25) is 5.91 Å². The summed E-state index contributed by atoms with van der Waals surface area (Å²) >= 11 is 0. The standard InChI is InChI=1S/C12H14F3N3O3/c1-7(2)18(10(19)6-17-11(20)21)8-3-4-9(16-5-8)12(13,14)15/h3-5,7,17H,6H2,1-2H3,(H,20,21). The molecule has 21 heavy (non-hydrogen) atoms. The fourth-order valence-electron chi connectivity index (χ4n) is 1.66. The molecular formula is C12H14F3N3O3. The predicted octanol–water partition coefficient (Wildman–Crippen LogP) is 2.11. The van der Waals surface area contributed by atoms with Crippen molar-refractivity contribution >= 4 is 17.7 Å². The highest BCUT2D eigenvalue weighted by Crippen LogP contribution is 2.28. The maximum atomic E-state index is 12.4. The number of anilines is 1. The third-order valence-electron chi connectivity index (χ3n) is 2.49. The van der Waals surface area contributed by atoms with Gasteiger partial charge in [0.15, 0.2) is 0 Å². The lowest BCUT2D eigenvalue weighted by molar-refractivity contribution is -0.141. The molecule has 0 unspecified atom stereocenters. The number of carbonyl (C=O) groups excluding carboxylic acids is 1. The van der Waals surface area contributed by atoms with Crippen LogP contribution in [0.4, 0.5) is 23.7 Å². The summed E-state index contributed by atoms with van der Waals surface area (Å²) < 4.78 is 37.3. The zero-order valence-electron chi connectivity index (χ0n) is 11.3. The summed E-state index contributed by atoms with van der Waals surface area (Å²) in [6.45, 7) is 2.82. The van der Waals surface area contributed by atoms with E-state index in [1.165, 1.54) is 4.90 Å². The van der Waals surface area contributed by atoms with E-state index in [0.717, 1.165) is 18.3 Å². The molecule has 116 valence electrons. The Morgan fingerprint density at radius 1 is 1.38 bits per heavy atom. The zero-order chi connectivity index (χ0) is 16.2. The molecule has 0 bridgehead atoms. The number of carbonyl (C=O) groups is 2. The van der Waals surface area contributed by atoms with Crippen LogP contribution in [0.25, 0.3) is 0 Å². The molecule has 0 fully saturated rings. The van der Waals surface area contributed by atoms with Gasteiger partial charge in [-0.2, -0.15) is 13.2 Å². The topological polar surface area (TPSA) is 82.5 Å². The third-order valence-corrected chi connectivity index (χ3v) is 2.49. The molecule has 6 nitrogen and oxygen atoms in total. The summed E-state index contributed by atoms with van der Waals surface area (Å²) in [5.74, 6) is -0.589. The van der Waals surface area contributed by atoms with Crippen molar-refractivity contribution in [3.05, 3.63) is 24.0 Å². The highest BCUT2D eigenvalue weighted by atomic mass is 19.4. The third kappa shape index (κ3) is 4.62. The Balaban J connectivity index is 2.96. The number of nitrogens with one attached hydrogen (secondary N) is 1. The molecule has 1 heterocycles. The molecule has 2 amide bonds. The summed E-state index contributed by atoms with van der Waals surface area (Å²) in [5.41, 5.74) is -0.902. The highest BCUT2D eigenvalue weighted by molar-refractivity contribution is 5.96. The fraction of sp³-hybridized carbons (Fsp3) is 0.417. The van der Waals surface area contributed by atoms with E-state index < -0.39 is 30.4 Å². The lowest BCUT2D eigenvalue weighted by Gasteiger charge is -2.26. The van der Waals surface area contributed by atoms with E-state index in [0.29, 0.717) is 0 Å². The van der Waals surface area contributed by atoms with E-state index in [1.807, 2.05) is 5.32 Å². The second kappa shape index (κ2) is 6.42. The molecule has 0 atom stereocenters. The van der Waals surface area contributed by atoms with Gasteiger partial charge in [-0.1, -0.05) is 0 Å². The number of hydrogen-bond acceptors (Lipinski definition) is 3. The van der Waals surface area contributed by atoms with Crippen LogP contribution in [-0.4, -0.2) is 34.7 Å². The fourth-order valence-corrected chi connectivity index (χ4v) is 1.66. The minimum absolute atomic E-state index is 0.162. The van der Waals surface area contributed by atoms with E-state index in [4.69, 9.17) is 5.11 Å². The molecule has 0 aliphatic carbocycles. The van der Waals surface area contributed by atoms with Crippen molar-refractivity contribution < 1.29 is 27.9 Å². The van der Waals surface area contributed by atoms with Gasteiger partial charge in [-0.25, -0.2) is 9.78 Å². The smallest absolute Gasteiger partial charge is 0.433 e. The van der Waals surface area contributed by atoms with Gasteiger partial charge in [0.25, 0.3) is 0 Å². The van der Waals surface area contributed by atoms with Gasteiger partial charge >= 0.3 is 12.3 Å². The maximum Gasteiger partial charge on any atom is 0.433 e. The van der Waals surface area contributed by atoms with E-state index >= 15 is 0 Å². The van der Waals surface area contributed by atoms with Crippen LogP contribution < -0.4 is 10.2 Å². The quantitative estimate of drug-likeness (QED) is 0.892. The molecule has 2 N–H and O–H groups in total. The van der Waals surface area contributed by atoms with Crippen molar-refractivity contribution in [1.82, 2.24) is 10.3 Å². The largest absolute Gasteiger partial charge is 0.465 e. The molecule has 0 saturated heterocycles. The predicted molar refractivity (Wildman–Crippen MR) is 67.9 cm³/mol. The zero-order valence-corrected chi connectivity index (χ0v) is 11.3. The number of pyridine rings is 1. The van der Waals surface area contributed by atoms with Gasteiger partial charge in [-0.3, -0.25) is 4.79 Å². The second-order valence-electron chi connectivity index (χ2n) is 4.42. The first-order valence-electron chi connectivity index (χ1n) is 5.95. The summed E-state index contributed by atoms with van der Waals surface area (Å²) in [6, 6.07) is 1.52. The number of halogens is 3. The molecule has 1 rings (SSSR count). The van der Waals surface area contributed by atoms with Crippen molar-refractivity contribution in [3.63, 3.8) is 0 Å². The molecule has 1 aromatic rings. The number of hydrogen-bond donors (Lipinski definition) is 2. The van der Waals surface area contributed by atoms with E-state index in [-0.39, 0.29) is 11.7 Å². The van der Waals surface area contributed by atoms with Crippen LogP contribution in [0.5, 0.6) is 0 Å². The molecule has 1 aromatic heterocycles. The molecule has 0 aromatic carbocycles. The Morgan fingerprint density at radius 2 is 2.00 bits per heavy atom. The monoisotopic (exact) mass is 305 g/mol. The minimum atomic E-state index is -4.56. The highest BCUT2D eigenvalue weighted by Gasteiger charge is 2.32. The molecule has 0 aliphatic rings. The SMILES string of the molecule is CC(C)N(C(=O)CNC(=O)O)c1ccc(C(F)(F)F)nc1. The number of rotatable bonds is 4. The van der Waals surface area contributed by atoms with Crippen LogP contribution in [0, 0.1) is 0 Å². The van der Waals surface area contributed by atoms with Gasteiger partial charge in [-0.15, -0.1) is 0 Å². The molecule has 0 spiro atoms. The van der Waals surface area contributed by atoms with Crippen LogP contribution in [-0.2, 0) is 11.0 Å². The molecular weight excluding hydrogens is 291 g/mol. The number of nitrogens with zero attached hydrogens (tertiary/aromatic N) is 2. The van der Waals surface area contributed by atoms with Crippen LogP contribution >= 0.6 is 0 Å². The summed E-state index contributed by atoms with van der Waals surface area (Å²) in [5, 5.41) is 10.4. The van der Waals surface area contributed by atoms with Crippen LogP contribution in [0.15, 0.2) is 18.3 Å². The molecule has 0 saturated carbocycles. The maximum absolute atomic E-state index is 12.4. The Kier molecular flexibility index (Phi) is 5.12. The van der Waals surface area contributed by atoms with Crippen LogP contribution in [0.3, 0.4) is 0 Å². The number of aromatic nitrogens is 1. The van der Waals surface area contributed by atoms with Crippen molar-refractivity contribution in [2.24, 2.45) is 0 Å². The van der Waals surface area contributed by atoms with Gasteiger partial charge in [-0.05, 0) is 26.0 Å². The van der Waals surface area contributed by atoms with Crippen molar-refractivity contribution in [3.8, 4) is 0 Å². The van der Waals surface area contributed by atoms with E-state index in [9.17, 15) is 22.8 Å². The lowest BCUT2D eigenvalue weighted by Crippen LogP contribution is -2.43. The Labute approximate surface area is 118 Å². The van der Waals surface area contributed by atoms with Gasteiger partial charge in [0.05, 0.1) is 11.9 Å². The Hall–Kier alpha value is -2.32. The Bertz CT molecular complexity index is 515. The average molecular weight is 305 g/mol. The summed E-state index contributed by atoms with van der Waals surface area (Å²) in [6.07, 6.45) is -4.99. The number of amides is 2. The van der Waals surface area contributed by atoms with Crippen molar-refractivity contribution in [1.29, 1.82) is 0 Å². The van der Waals surface area contributed by atoms with Gasteiger partial charge in [0, 0.05) is 6.04 Å². The van der Waals surface area contributed by atoms with Gasteiger partial charge < -0.3 is 15.3 Å². The number of carboxylic acid groups (broad SMARTS) is 1. The van der Waals surface area contributed by atoms with Crippen molar-refractivity contribution in [2.45, 2.75) is 26.1 Å². The first kappa shape index (κ1) is 16.7. The van der Waals surface area contributed by atoms with Crippen LogP contribution in [0.2, 0.25) is 0 Å².